The molecule has 0 fully saturated rings. The molecule has 0 bridgehead atoms. The van der Waals surface area contributed by atoms with Gasteiger partial charge in [0.25, 0.3) is 0 Å². The van der Waals surface area contributed by atoms with Gasteiger partial charge in [0.1, 0.15) is 22.5 Å². The van der Waals surface area contributed by atoms with Crippen molar-refractivity contribution in [2.24, 2.45) is 0 Å². The van der Waals surface area contributed by atoms with Gasteiger partial charge in [0.05, 0.1) is 0 Å². The second-order valence-corrected chi connectivity index (χ2v) is 4.97. The summed E-state index contributed by atoms with van der Waals surface area (Å²) in [5.41, 5.74) is 6.77. The molecule has 7 heteroatoms. The number of aromatic nitrogens is 5. The van der Waals surface area contributed by atoms with Crippen molar-refractivity contribution in [1.29, 1.82) is 0 Å². The van der Waals surface area contributed by atoms with Crippen LogP contribution < -0.4 is 5.73 Å². The van der Waals surface area contributed by atoms with Crippen LogP contribution in [0.25, 0.3) is 0 Å². The second kappa shape index (κ2) is 5.34. The highest BCUT2D eigenvalue weighted by Gasteiger charge is 2.12. The molecule has 2 aromatic rings. The largest absolute Gasteiger partial charge is 0.383 e. The number of nitrogens with one attached hydrogen (secondary N) is 1. The van der Waals surface area contributed by atoms with Crippen molar-refractivity contribution < 1.29 is 0 Å². The minimum absolute atomic E-state index is 0.531. The number of aryl methyl sites for hydroxylation is 2. The monoisotopic (exact) mass is 264 g/mol. The summed E-state index contributed by atoms with van der Waals surface area (Å²) in [7, 11) is 0. The van der Waals surface area contributed by atoms with Crippen LogP contribution in [0.15, 0.2) is 10.2 Å². The predicted octanol–water partition coefficient (Wildman–Crippen LogP) is 1.90. The van der Waals surface area contributed by atoms with E-state index in [1.807, 2.05) is 13.8 Å². The number of anilines is 1. The number of rotatable bonds is 4. The maximum Gasteiger partial charge on any atom is 0.214 e. The third-order valence-corrected chi connectivity index (χ3v) is 3.38. The molecule has 2 aromatic heterocycles. The Kier molecular flexibility index (Phi) is 3.81. The van der Waals surface area contributed by atoms with Gasteiger partial charge in [-0.05, 0) is 32.0 Å². The van der Waals surface area contributed by atoms with Gasteiger partial charge in [-0.25, -0.2) is 15.0 Å². The summed E-state index contributed by atoms with van der Waals surface area (Å²) in [5.74, 6) is 2.09. The van der Waals surface area contributed by atoms with Crippen LogP contribution in [0.1, 0.15) is 30.6 Å². The average molecular weight is 264 g/mol. The number of nitrogen functional groups attached to an aromatic ring is 1. The van der Waals surface area contributed by atoms with Crippen LogP contribution in [-0.4, -0.2) is 25.1 Å². The smallest absolute Gasteiger partial charge is 0.214 e. The first-order valence-corrected chi connectivity index (χ1v) is 6.61. The van der Waals surface area contributed by atoms with Crippen LogP contribution in [0.3, 0.4) is 0 Å². The van der Waals surface area contributed by atoms with Crippen molar-refractivity contribution in [2.45, 2.75) is 43.8 Å². The number of hydrogen-bond donors (Lipinski definition) is 2. The highest BCUT2D eigenvalue weighted by atomic mass is 32.2. The molecule has 96 valence electrons. The molecule has 0 atom stereocenters. The Labute approximate surface area is 110 Å². The van der Waals surface area contributed by atoms with Crippen LogP contribution >= 0.6 is 11.8 Å². The fourth-order valence-corrected chi connectivity index (χ4v) is 2.30. The Hall–Kier alpha value is -1.63. The minimum Gasteiger partial charge on any atom is -0.383 e. The van der Waals surface area contributed by atoms with Crippen molar-refractivity contribution in [1.82, 2.24) is 25.1 Å². The zero-order valence-electron chi connectivity index (χ0n) is 10.7. The van der Waals surface area contributed by atoms with Crippen LogP contribution in [0.5, 0.6) is 0 Å². The van der Waals surface area contributed by atoms with Crippen LogP contribution in [0.2, 0.25) is 0 Å². The van der Waals surface area contributed by atoms with Gasteiger partial charge in [0.2, 0.25) is 5.16 Å². The maximum absolute atomic E-state index is 5.90. The second-order valence-electron chi connectivity index (χ2n) is 4.01. The molecule has 0 saturated heterocycles. The normalized spacial score (nSPS) is 10.8. The molecule has 0 aliphatic rings. The molecule has 6 nitrogen and oxygen atoms in total. The first-order chi connectivity index (χ1) is 8.60. The van der Waals surface area contributed by atoms with E-state index in [9.17, 15) is 0 Å². The number of nitrogens with two attached hydrogens (primary N) is 1. The highest BCUT2D eigenvalue weighted by Crippen LogP contribution is 2.28. The Morgan fingerprint density at radius 2 is 2.00 bits per heavy atom. The summed E-state index contributed by atoms with van der Waals surface area (Å²) in [5, 5.41) is 8.36. The molecular formula is C11H16N6S. The van der Waals surface area contributed by atoms with Crippen molar-refractivity contribution in [3.05, 3.63) is 17.2 Å². The van der Waals surface area contributed by atoms with Gasteiger partial charge < -0.3 is 5.73 Å². The molecule has 0 unspecified atom stereocenters. The minimum atomic E-state index is 0.531. The van der Waals surface area contributed by atoms with E-state index in [1.165, 1.54) is 11.8 Å². The number of H-pyrrole nitrogens is 1. The predicted molar refractivity (Wildman–Crippen MR) is 70.4 cm³/mol. The third-order valence-electron chi connectivity index (χ3n) is 2.42. The highest BCUT2D eigenvalue weighted by molar-refractivity contribution is 7.99. The number of hydrogen-bond acceptors (Lipinski definition) is 6. The Morgan fingerprint density at radius 1 is 1.22 bits per heavy atom. The molecule has 0 aromatic carbocycles. The summed E-state index contributed by atoms with van der Waals surface area (Å²) >= 11 is 1.40. The lowest BCUT2D eigenvalue weighted by molar-refractivity contribution is 0.804. The quantitative estimate of drug-likeness (QED) is 0.819. The number of aromatic amines is 1. The summed E-state index contributed by atoms with van der Waals surface area (Å²) < 4.78 is 0. The van der Waals surface area contributed by atoms with E-state index in [4.69, 9.17) is 5.73 Å². The molecule has 3 N–H and O–H groups in total. The summed E-state index contributed by atoms with van der Waals surface area (Å²) in [4.78, 5) is 13.0. The van der Waals surface area contributed by atoms with Gasteiger partial charge >= 0.3 is 0 Å². The molecule has 0 radical (unpaired) electrons. The molecule has 0 aliphatic carbocycles. The Morgan fingerprint density at radius 3 is 2.61 bits per heavy atom. The van der Waals surface area contributed by atoms with Gasteiger partial charge in [-0.1, -0.05) is 6.92 Å². The summed E-state index contributed by atoms with van der Waals surface area (Å²) in [6.45, 7) is 5.86. The maximum atomic E-state index is 5.90. The van der Waals surface area contributed by atoms with Gasteiger partial charge in [-0.2, -0.15) is 0 Å². The molecule has 2 heterocycles. The molecule has 0 spiro atoms. The third kappa shape index (κ3) is 2.79. The van der Waals surface area contributed by atoms with E-state index in [0.717, 1.165) is 35.1 Å². The first kappa shape index (κ1) is 12.8. The Bertz CT molecular complexity index is 550. The zero-order chi connectivity index (χ0) is 13.1. The fourth-order valence-electron chi connectivity index (χ4n) is 1.45. The van der Waals surface area contributed by atoms with E-state index >= 15 is 0 Å². The van der Waals surface area contributed by atoms with E-state index in [-0.39, 0.29) is 0 Å². The molecule has 18 heavy (non-hydrogen) atoms. The Balaban J connectivity index is 2.31. The summed E-state index contributed by atoms with van der Waals surface area (Å²) in [6, 6.07) is 0. The van der Waals surface area contributed by atoms with Crippen molar-refractivity contribution in [3.63, 3.8) is 0 Å². The van der Waals surface area contributed by atoms with Crippen molar-refractivity contribution in [3.8, 4) is 0 Å². The zero-order valence-corrected chi connectivity index (χ0v) is 11.5. The van der Waals surface area contributed by atoms with E-state index in [0.29, 0.717) is 11.0 Å². The molecule has 0 amide bonds. The first-order valence-electron chi connectivity index (χ1n) is 5.80. The van der Waals surface area contributed by atoms with Crippen molar-refractivity contribution in [2.75, 3.05) is 5.73 Å². The van der Waals surface area contributed by atoms with Crippen LogP contribution in [-0.2, 0) is 6.42 Å². The number of nitrogens with zero attached hydrogens (tertiary/aromatic N) is 4. The molecule has 2 rings (SSSR count). The molecule has 0 saturated carbocycles. The fraction of sp³-hybridized carbons (Fsp3) is 0.455. The lowest BCUT2D eigenvalue weighted by Crippen LogP contribution is -2.04. The lowest BCUT2D eigenvalue weighted by Gasteiger charge is -2.07. The van der Waals surface area contributed by atoms with Gasteiger partial charge in [0.15, 0.2) is 0 Å². The average Bonchev–Trinajstić information content (AvgIpc) is 2.71. The lowest BCUT2D eigenvalue weighted by atomic mass is 10.3. The van der Waals surface area contributed by atoms with Gasteiger partial charge in [-0.3, -0.25) is 5.10 Å². The summed E-state index contributed by atoms with van der Waals surface area (Å²) in [6.07, 6.45) is 1.82. The van der Waals surface area contributed by atoms with E-state index in [1.54, 1.807) is 0 Å². The van der Waals surface area contributed by atoms with Crippen LogP contribution in [0, 0.1) is 13.8 Å². The van der Waals surface area contributed by atoms with Crippen LogP contribution in [0.4, 0.5) is 5.82 Å². The molecular weight excluding hydrogens is 248 g/mol. The standard InChI is InChI=1S/C11H16N6S/c1-4-5-8-14-9(12)6(2)10(15-8)18-11-13-7(3)16-17-11/h4-5H2,1-3H3,(H2,12,14,15)(H,13,16,17). The van der Waals surface area contributed by atoms with E-state index < -0.39 is 0 Å². The topological polar surface area (TPSA) is 93.4 Å². The van der Waals surface area contributed by atoms with E-state index in [2.05, 4.69) is 32.1 Å². The molecule has 0 aliphatic heterocycles. The SMILES string of the molecule is CCCc1nc(N)c(C)c(Sc2n[nH]c(C)n2)n1. The van der Waals surface area contributed by atoms with Gasteiger partial charge in [0, 0.05) is 12.0 Å². The van der Waals surface area contributed by atoms with Crippen molar-refractivity contribution >= 4 is 17.6 Å². The van der Waals surface area contributed by atoms with Gasteiger partial charge in [-0.15, -0.1) is 5.10 Å².